The molecule has 0 bridgehead atoms. The third-order valence-electron chi connectivity index (χ3n) is 3.39. The number of hydrogen-bond donors (Lipinski definition) is 2. The summed E-state index contributed by atoms with van der Waals surface area (Å²) >= 11 is 0. The molecule has 2 amide bonds. The van der Waals surface area contributed by atoms with Gasteiger partial charge in [0.15, 0.2) is 0 Å². The number of hydrogen-bond acceptors (Lipinski definition) is 3. The minimum atomic E-state index is -4.50. The average Bonchev–Trinajstić information content (AvgIpc) is 2.60. The molecule has 0 aliphatic rings. The van der Waals surface area contributed by atoms with Crippen molar-refractivity contribution in [3.05, 3.63) is 65.2 Å². The molecule has 0 atom stereocenters. The minimum Gasteiger partial charge on any atom is -0.462 e. The van der Waals surface area contributed by atoms with Crippen molar-refractivity contribution in [1.29, 1.82) is 0 Å². The van der Waals surface area contributed by atoms with Crippen LogP contribution in [0.15, 0.2) is 48.5 Å². The van der Waals surface area contributed by atoms with E-state index in [-0.39, 0.29) is 24.3 Å². The summed E-state index contributed by atoms with van der Waals surface area (Å²) in [6.07, 6.45) is -4.50. The van der Waals surface area contributed by atoms with Crippen LogP contribution >= 0.6 is 0 Å². The Labute approximate surface area is 148 Å². The van der Waals surface area contributed by atoms with Gasteiger partial charge in [0, 0.05) is 12.2 Å². The Morgan fingerprint density at radius 2 is 1.81 bits per heavy atom. The molecule has 8 heteroatoms. The molecule has 0 radical (unpaired) electrons. The Morgan fingerprint density at radius 1 is 1.08 bits per heavy atom. The molecule has 5 nitrogen and oxygen atoms in total. The standard InChI is InChI=1S/C18H17F3N2O3/c1-2-26-16(24)12-7-5-8-14(10-12)23-17(25)22-11-13-6-3-4-9-15(13)18(19,20)21/h3-10H,2,11H2,1H3,(H2,22,23,25). The van der Waals surface area contributed by atoms with Gasteiger partial charge in [-0.15, -0.1) is 0 Å². The van der Waals surface area contributed by atoms with Gasteiger partial charge in [0.1, 0.15) is 0 Å². The topological polar surface area (TPSA) is 67.4 Å². The van der Waals surface area contributed by atoms with E-state index in [2.05, 4.69) is 10.6 Å². The second-order valence-electron chi connectivity index (χ2n) is 5.26. The van der Waals surface area contributed by atoms with Crippen molar-refractivity contribution < 1.29 is 27.5 Å². The third kappa shape index (κ3) is 5.23. The van der Waals surface area contributed by atoms with Gasteiger partial charge >= 0.3 is 18.2 Å². The Morgan fingerprint density at radius 3 is 2.50 bits per heavy atom. The highest BCUT2D eigenvalue weighted by molar-refractivity contribution is 5.93. The van der Waals surface area contributed by atoms with Gasteiger partial charge in [0.05, 0.1) is 17.7 Å². The average molecular weight is 366 g/mol. The van der Waals surface area contributed by atoms with Crippen molar-refractivity contribution in [2.75, 3.05) is 11.9 Å². The molecular weight excluding hydrogens is 349 g/mol. The first-order valence-corrected chi connectivity index (χ1v) is 7.78. The molecule has 0 heterocycles. The van der Waals surface area contributed by atoms with Gasteiger partial charge in [0.25, 0.3) is 0 Å². The van der Waals surface area contributed by atoms with E-state index in [0.29, 0.717) is 5.69 Å². The highest BCUT2D eigenvalue weighted by atomic mass is 19.4. The summed E-state index contributed by atoms with van der Waals surface area (Å²) < 4.78 is 43.7. The lowest BCUT2D eigenvalue weighted by Crippen LogP contribution is -2.29. The minimum absolute atomic E-state index is 0.0459. The molecule has 2 aromatic carbocycles. The number of alkyl halides is 3. The smallest absolute Gasteiger partial charge is 0.416 e. The van der Waals surface area contributed by atoms with Crippen LogP contribution in [0.3, 0.4) is 0 Å². The molecule has 0 aromatic heterocycles. The molecule has 0 aliphatic heterocycles. The van der Waals surface area contributed by atoms with E-state index < -0.39 is 23.7 Å². The molecule has 0 saturated carbocycles. The van der Waals surface area contributed by atoms with Gasteiger partial charge in [-0.25, -0.2) is 9.59 Å². The van der Waals surface area contributed by atoms with Crippen LogP contribution in [0.2, 0.25) is 0 Å². The van der Waals surface area contributed by atoms with Gasteiger partial charge in [0.2, 0.25) is 0 Å². The molecule has 138 valence electrons. The number of nitrogens with one attached hydrogen (secondary N) is 2. The zero-order valence-corrected chi connectivity index (χ0v) is 13.9. The molecule has 26 heavy (non-hydrogen) atoms. The lowest BCUT2D eigenvalue weighted by Gasteiger charge is -2.14. The van der Waals surface area contributed by atoms with Gasteiger partial charge in [-0.05, 0) is 36.8 Å². The molecule has 2 N–H and O–H groups in total. The van der Waals surface area contributed by atoms with Crippen molar-refractivity contribution in [2.24, 2.45) is 0 Å². The first-order valence-electron chi connectivity index (χ1n) is 7.78. The fraction of sp³-hybridized carbons (Fsp3) is 0.222. The van der Waals surface area contributed by atoms with Crippen molar-refractivity contribution in [3.63, 3.8) is 0 Å². The van der Waals surface area contributed by atoms with E-state index in [1.807, 2.05) is 0 Å². The summed E-state index contributed by atoms with van der Waals surface area (Å²) in [5, 5.41) is 4.84. The Bertz CT molecular complexity index is 791. The predicted octanol–water partition coefficient (Wildman–Crippen LogP) is 4.20. The van der Waals surface area contributed by atoms with Crippen LogP contribution < -0.4 is 10.6 Å². The summed E-state index contributed by atoms with van der Waals surface area (Å²) in [7, 11) is 0. The number of amides is 2. The van der Waals surface area contributed by atoms with Gasteiger partial charge in [-0.1, -0.05) is 24.3 Å². The molecule has 0 aliphatic carbocycles. The van der Waals surface area contributed by atoms with E-state index in [4.69, 9.17) is 4.74 Å². The molecule has 0 spiro atoms. The lowest BCUT2D eigenvalue weighted by atomic mass is 10.1. The SMILES string of the molecule is CCOC(=O)c1cccc(NC(=O)NCc2ccccc2C(F)(F)F)c1. The lowest BCUT2D eigenvalue weighted by molar-refractivity contribution is -0.138. The number of carbonyl (C=O) groups is 2. The Kier molecular flexibility index (Phi) is 6.21. The number of benzene rings is 2. The second kappa shape index (κ2) is 8.37. The molecule has 0 unspecified atom stereocenters. The maximum Gasteiger partial charge on any atom is 0.416 e. The van der Waals surface area contributed by atoms with Crippen LogP contribution in [0, 0.1) is 0 Å². The first kappa shape index (κ1) is 19.3. The van der Waals surface area contributed by atoms with Crippen molar-refractivity contribution in [3.8, 4) is 0 Å². The second-order valence-corrected chi connectivity index (χ2v) is 5.26. The predicted molar refractivity (Wildman–Crippen MR) is 89.7 cm³/mol. The summed E-state index contributed by atoms with van der Waals surface area (Å²) in [4.78, 5) is 23.6. The zero-order valence-electron chi connectivity index (χ0n) is 13.9. The number of anilines is 1. The van der Waals surface area contributed by atoms with E-state index in [1.165, 1.54) is 30.3 Å². The Balaban J connectivity index is 2.00. The number of ether oxygens (including phenoxy) is 1. The van der Waals surface area contributed by atoms with Crippen molar-refractivity contribution >= 4 is 17.7 Å². The number of rotatable bonds is 5. The van der Waals surface area contributed by atoms with Gasteiger partial charge < -0.3 is 15.4 Å². The van der Waals surface area contributed by atoms with E-state index in [0.717, 1.165) is 6.07 Å². The first-order chi connectivity index (χ1) is 12.3. The van der Waals surface area contributed by atoms with Crippen LogP contribution in [0.4, 0.5) is 23.7 Å². The highest BCUT2D eigenvalue weighted by Crippen LogP contribution is 2.31. The largest absolute Gasteiger partial charge is 0.462 e. The van der Waals surface area contributed by atoms with E-state index >= 15 is 0 Å². The van der Waals surface area contributed by atoms with Gasteiger partial charge in [-0.2, -0.15) is 13.2 Å². The van der Waals surface area contributed by atoms with Crippen LogP contribution in [0.25, 0.3) is 0 Å². The summed E-state index contributed by atoms with van der Waals surface area (Å²) in [6, 6.07) is 10.4. The van der Waals surface area contributed by atoms with Crippen LogP contribution in [0.5, 0.6) is 0 Å². The Hall–Kier alpha value is -3.03. The summed E-state index contributed by atoms with van der Waals surface area (Å²) in [5.41, 5.74) is -0.274. The fourth-order valence-electron chi connectivity index (χ4n) is 2.24. The molecule has 2 rings (SSSR count). The van der Waals surface area contributed by atoms with Crippen LogP contribution in [0.1, 0.15) is 28.4 Å². The molecule has 0 fully saturated rings. The number of esters is 1. The summed E-state index contributed by atoms with van der Waals surface area (Å²) in [6.45, 7) is 1.60. The number of halogens is 3. The van der Waals surface area contributed by atoms with E-state index in [1.54, 1.807) is 19.1 Å². The fourth-order valence-corrected chi connectivity index (χ4v) is 2.24. The third-order valence-corrected chi connectivity index (χ3v) is 3.39. The van der Waals surface area contributed by atoms with Crippen LogP contribution in [-0.4, -0.2) is 18.6 Å². The van der Waals surface area contributed by atoms with Crippen molar-refractivity contribution in [2.45, 2.75) is 19.6 Å². The number of urea groups is 1. The van der Waals surface area contributed by atoms with Crippen LogP contribution in [-0.2, 0) is 17.5 Å². The quantitative estimate of drug-likeness (QED) is 0.779. The van der Waals surface area contributed by atoms with Crippen molar-refractivity contribution in [1.82, 2.24) is 5.32 Å². The molecular formula is C18H17F3N2O3. The summed E-state index contributed by atoms with van der Waals surface area (Å²) in [5.74, 6) is -0.532. The zero-order chi connectivity index (χ0) is 19.2. The number of carbonyl (C=O) groups excluding carboxylic acids is 2. The molecule has 0 saturated heterocycles. The molecule has 2 aromatic rings. The van der Waals surface area contributed by atoms with E-state index in [9.17, 15) is 22.8 Å². The highest BCUT2D eigenvalue weighted by Gasteiger charge is 2.32. The normalized spacial score (nSPS) is 10.9. The maximum atomic E-state index is 12.9. The monoisotopic (exact) mass is 366 g/mol. The maximum absolute atomic E-state index is 12.9. The van der Waals surface area contributed by atoms with Gasteiger partial charge in [-0.3, -0.25) is 0 Å².